The molecule has 0 bridgehead atoms. The molecule has 2 N–H and O–H groups in total. The van der Waals surface area contributed by atoms with Crippen LogP contribution in [-0.2, 0) is 23.1 Å². The number of piperidine rings is 1. The van der Waals surface area contributed by atoms with Crippen molar-refractivity contribution in [2.24, 2.45) is 5.92 Å². The Morgan fingerprint density at radius 1 is 1.26 bits per heavy atom. The fraction of sp³-hybridized carbons (Fsp3) is 0.636. The second-order valence-corrected chi connectivity index (χ2v) is 8.91. The van der Waals surface area contributed by atoms with Crippen molar-refractivity contribution in [3.8, 4) is 0 Å². The van der Waals surface area contributed by atoms with Crippen molar-refractivity contribution in [2.45, 2.75) is 69.4 Å². The van der Waals surface area contributed by atoms with E-state index in [2.05, 4.69) is 15.6 Å². The van der Waals surface area contributed by atoms with E-state index in [-0.39, 0.29) is 12.1 Å². The van der Waals surface area contributed by atoms with Crippen LogP contribution < -0.4 is 5.32 Å². The molecule has 2 saturated heterocycles. The van der Waals surface area contributed by atoms with Gasteiger partial charge in [-0.3, -0.25) is 4.68 Å². The van der Waals surface area contributed by atoms with Crippen molar-refractivity contribution in [2.75, 3.05) is 13.2 Å². The summed E-state index contributed by atoms with van der Waals surface area (Å²) in [5.74, 6) is 0.541. The third-order valence-electron chi connectivity index (χ3n) is 6.36. The molecule has 0 amide bonds. The molecule has 0 spiro atoms. The Morgan fingerprint density at radius 2 is 2.03 bits per heavy atom. The highest BCUT2D eigenvalue weighted by Crippen LogP contribution is 2.40. The van der Waals surface area contributed by atoms with Crippen LogP contribution in [0.1, 0.15) is 61.9 Å². The largest absolute Gasteiger partial charge is 0.416 e. The molecule has 2 aliphatic rings. The summed E-state index contributed by atoms with van der Waals surface area (Å²) in [5.41, 5.74) is -0.729. The van der Waals surface area contributed by atoms with Crippen LogP contribution in [0.2, 0.25) is 0 Å². The van der Waals surface area contributed by atoms with Crippen molar-refractivity contribution in [1.82, 2.24) is 20.3 Å². The van der Waals surface area contributed by atoms with Gasteiger partial charge in [0.15, 0.2) is 0 Å². The van der Waals surface area contributed by atoms with Crippen LogP contribution in [0.15, 0.2) is 30.5 Å². The lowest BCUT2D eigenvalue weighted by Crippen LogP contribution is -2.47. The number of hydrogen-bond donors (Lipinski definition) is 2. The highest BCUT2D eigenvalue weighted by molar-refractivity contribution is 5.30. The van der Waals surface area contributed by atoms with Gasteiger partial charge >= 0.3 is 6.18 Å². The summed E-state index contributed by atoms with van der Waals surface area (Å²) in [5, 5.41) is 23.3. The maximum absolute atomic E-state index is 12.9. The standard InChI is InChI=1S/C22H29F3N4O2/c1-15-11-21(30,17-4-6-18(7-5-17)22(23,24)25)12-19(26-15)20-13-29(28-27-20)9-8-16-3-2-10-31-14-16/h4-7,13,15-16,19,26,30H,2-3,8-12,14H2,1H3/t15-,16?,19-,21?/m0/s1. The molecular formula is C22H29F3N4O2. The van der Waals surface area contributed by atoms with Gasteiger partial charge in [-0.25, -0.2) is 0 Å². The Balaban J connectivity index is 1.44. The van der Waals surface area contributed by atoms with Gasteiger partial charge < -0.3 is 15.2 Å². The lowest BCUT2D eigenvalue weighted by atomic mass is 9.78. The fourth-order valence-corrected chi connectivity index (χ4v) is 4.72. The number of aryl methyl sites for hydroxylation is 1. The Bertz CT molecular complexity index is 864. The molecule has 3 heterocycles. The van der Waals surface area contributed by atoms with Gasteiger partial charge in [0.25, 0.3) is 0 Å². The first-order valence-corrected chi connectivity index (χ1v) is 10.9. The highest BCUT2D eigenvalue weighted by Gasteiger charge is 2.41. The zero-order valence-electron chi connectivity index (χ0n) is 17.6. The molecule has 2 unspecified atom stereocenters. The van der Waals surface area contributed by atoms with E-state index in [0.717, 1.165) is 50.4 Å². The maximum atomic E-state index is 12.9. The van der Waals surface area contributed by atoms with E-state index in [0.29, 0.717) is 24.3 Å². The van der Waals surface area contributed by atoms with Crippen LogP contribution >= 0.6 is 0 Å². The lowest BCUT2D eigenvalue weighted by molar-refractivity contribution is -0.137. The van der Waals surface area contributed by atoms with Crippen molar-refractivity contribution >= 4 is 0 Å². The molecule has 31 heavy (non-hydrogen) atoms. The summed E-state index contributed by atoms with van der Waals surface area (Å²) in [6.07, 6.45) is 1.47. The molecular weight excluding hydrogens is 409 g/mol. The normalized spacial score (nSPS) is 29.8. The first-order valence-electron chi connectivity index (χ1n) is 10.9. The Morgan fingerprint density at radius 3 is 2.71 bits per heavy atom. The first kappa shape index (κ1) is 22.2. The molecule has 0 saturated carbocycles. The number of rotatable bonds is 5. The number of nitrogens with zero attached hydrogens (tertiary/aromatic N) is 3. The average molecular weight is 438 g/mol. The third kappa shape index (κ3) is 5.27. The number of aliphatic hydroxyl groups is 1. The molecule has 0 radical (unpaired) electrons. The average Bonchev–Trinajstić information content (AvgIpc) is 3.21. The lowest BCUT2D eigenvalue weighted by Gasteiger charge is -2.40. The highest BCUT2D eigenvalue weighted by atomic mass is 19.4. The topological polar surface area (TPSA) is 72.2 Å². The van der Waals surface area contributed by atoms with E-state index in [4.69, 9.17) is 4.74 Å². The maximum Gasteiger partial charge on any atom is 0.416 e. The zero-order chi connectivity index (χ0) is 22.1. The summed E-state index contributed by atoms with van der Waals surface area (Å²) < 4.78 is 46.0. The minimum Gasteiger partial charge on any atom is -0.385 e. The van der Waals surface area contributed by atoms with E-state index in [9.17, 15) is 18.3 Å². The molecule has 2 aliphatic heterocycles. The molecule has 2 aromatic rings. The second kappa shape index (κ2) is 8.88. The molecule has 6 nitrogen and oxygen atoms in total. The molecule has 9 heteroatoms. The number of halogens is 3. The van der Waals surface area contributed by atoms with Gasteiger partial charge in [0.2, 0.25) is 0 Å². The fourth-order valence-electron chi connectivity index (χ4n) is 4.72. The Hall–Kier alpha value is -1.97. The minimum atomic E-state index is -4.40. The monoisotopic (exact) mass is 438 g/mol. The van der Waals surface area contributed by atoms with Crippen molar-refractivity contribution in [1.29, 1.82) is 0 Å². The third-order valence-corrected chi connectivity index (χ3v) is 6.36. The molecule has 0 aliphatic carbocycles. The summed E-state index contributed by atoms with van der Waals surface area (Å²) in [7, 11) is 0. The van der Waals surface area contributed by atoms with Crippen molar-refractivity contribution < 1.29 is 23.0 Å². The number of benzene rings is 1. The van der Waals surface area contributed by atoms with Gasteiger partial charge in [-0.2, -0.15) is 13.2 Å². The van der Waals surface area contributed by atoms with Gasteiger partial charge in [-0.05, 0) is 56.2 Å². The van der Waals surface area contributed by atoms with Crippen molar-refractivity contribution in [3.63, 3.8) is 0 Å². The molecule has 1 aromatic heterocycles. The molecule has 2 fully saturated rings. The predicted octanol–water partition coefficient (Wildman–Crippen LogP) is 3.81. The number of ether oxygens (including phenoxy) is 1. The van der Waals surface area contributed by atoms with Crippen LogP contribution in [0.25, 0.3) is 0 Å². The van der Waals surface area contributed by atoms with Gasteiger partial charge in [0, 0.05) is 32.2 Å². The van der Waals surface area contributed by atoms with Gasteiger partial charge in [-0.1, -0.05) is 17.3 Å². The van der Waals surface area contributed by atoms with Crippen LogP contribution in [0.4, 0.5) is 13.2 Å². The zero-order valence-corrected chi connectivity index (χ0v) is 17.6. The number of hydrogen-bond acceptors (Lipinski definition) is 5. The van der Waals surface area contributed by atoms with E-state index in [1.807, 2.05) is 17.8 Å². The number of alkyl halides is 3. The van der Waals surface area contributed by atoms with E-state index >= 15 is 0 Å². The second-order valence-electron chi connectivity index (χ2n) is 8.91. The number of nitrogens with one attached hydrogen (secondary N) is 1. The van der Waals surface area contributed by atoms with Crippen LogP contribution in [0.3, 0.4) is 0 Å². The van der Waals surface area contributed by atoms with Crippen LogP contribution in [0, 0.1) is 5.92 Å². The molecule has 4 atom stereocenters. The minimum absolute atomic E-state index is 0.0319. The van der Waals surface area contributed by atoms with Gasteiger partial charge in [0.1, 0.15) is 0 Å². The number of aromatic nitrogens is 3. The predicted molar refractivity (Wildman–Crippen MR) is 108 cm³/mol. The first-order chi connectivity index (χ1) is 14.7. The van der Waals surface area contributed by atoms with Gasteiger partial charge in [0.05, 0.1) is 29.1 Å². The van der Waals surface area contributed by atoms with Gasteiger partial charge in [-0.15, -0.1) is 5.10 Å². The Kier molecular flexibility index (Phi) is 6.37. The molecule has 4 rings (SSSR count). The molecule has 1 aromatic carbocycles. The quantitative estimate of drug-likeness (QED) is 0.743. The SMILES string of the molecule is C[C@H]1CC(O)(c2ccc(C(F)(F)F)cc2)C[C@@H](c2cn(CCC3CCCOC3)nn2)N1. The van der Waals surface area contributed by atoms with E-state index in [1.54, 1.807) is 0 Å². The summed E-state index contributed by atoms with van der Waals surface area (Å²) in [6.45, 7) is 4.35. The van der Waals surface area contributed by atoms with Crippen LogP contribution in [-0.4, -0.2) is 39.4 Å². The Labute approximate surface area is 179 Å². The smallest absolute Gasteiger partial charge is 0.385 e. The summed E-state index contributed by atoms with van der Waals surface area (Å²) >= 11 is 0. The summed E-state index contributed by atoms with van der Waals surface area (Å²) in [4.78, 5) is 0. The molecule has 170 valence electrons. The van der Waals surface area contributed by atoms with Crippen LogP contribution in [0.5, 0.6) is 0 Å². The summed E-state index contributed by atoms with van der Waals surface area (Å²) in [6, 6.07) is 4.54. The van der Waals surface area contributed by atoms with E-state index < -0.39 is 17.3 Å². The van der Waals surface area contributed by atoms with Crippen molar-refractivity contribution in [3.05, 3.63) is 47.3 Å². The van der Waals surface area contributed by atoms with E-state index in [1.165, 1.54) is 18.6 Å².